The zero-order valence-corrected chi connectivity index (χ0v) is 15.4. The van der Waals surface area contributed by atoms with Gasteiger partial charge in [0, 0.05) is 27.5 Å². The van der Waals surface area contributed by atoms with E-state index in [4.69, 9.17) is 23.2 Å². The molecule has 1 N–H and O–H groups in total. The van der Waals surface area contributed by atoms with Crippen molar-refractivity contribution in [1.82, 2.24) is 4.90 Å². The van der Waals surface area contributed by atoms with E-state index in [0.717, 1.165) is 27.5 Å². The maximum atomic E-state index is 10.3. The van der Waals surface area contributed by atoms with Crippen LogP contribution in [0.5, 0.6) is 0 Å². The highest BCUT2D eigenvalue weighted by Gasteiger charge is 2.13. The molecule has 2 aromatic rings. The average Bonchev–Trinajstić information content (AvgIpc) is 2.81. The molecule has 0 aliphatic carbocycles. The molecule has 0 radical (unpaired) electrons. The van der Waals surface area contributed by atoms with Gasteiger partial charge in [-0.25, -0.2) is 0 Å². The zero-order chi connectivity index (χ0) is 15.4. The van der Waals surface area contributed by atoms with Crippen LogP contribution < -0.4 is 0 Å². The second-order valence-corrected chi connectivity index (χ2v) is 8.04. The molecule has 6 heteroatoms. The number of aliphatic hydroxyl groups excluding tert-OH is 1. The number of hydrogen-bond acceptors (Lipinski definition) is 3. The lowest BCUT2D eigenvalue weighted by atomic mass is 10.1. The van der Waals surface area contributed by atoms with Crippen molar-refractivity contribution in [3.63, 3.8) is 0 Å². The first kappa shape index (κ1) is 17.3. The molecular weight excluding hydrogens is 393 g/mol. The van der Waals surface area contributed by atoms with Gasteiger partial charge in [0.2, 0.25) is 0 Å². The van der Waals surface area contributed by atoms with Crippen LogP contribution in [0.25, 0.3) is 0 Å². The Morgan fingerprint density at radius 1 is 1.29 bits per heavy atom. The van der Waals surface area contributed by atoms with Crippen molar-refractivity contribution in [3.8, 4) is 0 Å². The van der Waals surface area contributed by atoms with E-state index >= 15 is 0 Å². The van der Waals surface area contributed by atoms with E-state index < -0.39 is 6.10 Å². The minimum absolute atomic E-state index is 0.556. The van der Waals surface area contributed by atoms with Crippen LogP contribution in [-0.4, -0.2) is 23.6 Å². The van der Waals surface area contributed by atoms with Crippen molar-refractivity contribution in [2.45, 2.75) is 19.1 Å². The quantitative estimate of drug-likeness (QED) is 0.694. The summed E-state index contributed by atoms with van der Waals surface area (Å²) in [5.41, 5.74) is 0.771. The number of hydrogen-bond donors (Lipinski definition) is 1. The molecule has 2 nitrogen and oxygen atoms in total. The number of thiophene rings is 1. The molecule has 0 saturated heterocycles. The van der Waals surface area contributed by atoms with Gasteiger partial charge in [-0.1, -0.05) is 45.2 Å². The Bertz CT molecular complexity index is 605. The molecule has 0 spiro atoms. The monoisotopic (exact) mass is 407 g/mol. The lowest BCUT2D eigenvalue weighted by Gasteiger charge is -2.19. The van der Waals surface area contributed by atoms with E-state index in [1.807, 2.05) is 31.3 Å². The standard InChI is InChI=1S/C15H16BrCl2NOS/c1-19(9-11-3-5-15(18)21-11)7-6-14(20)12-4-2-10(16)8-13(12)17/h2-5,8,14,20H,6-7,9H2,1H3. The number of benzene rings is 1. The molecule has 2 rings (SSSR count). The van der Waals surface area contributed by atoms with Gasteiger partial charge in [-0.05, 0) is 43.3 Å². The third kappa shape index (κ3) is 5.23. The van der Waals surface area contributed by atoms with Gasteiger partial charge in [0.15, 0.2) is 0 Å². The van der Waals surface area contributed by atoms with Crippen LogP contribution >= 0.6 is 50.5 Å². The summed E-state index contributed by atoms with van der Waals surface area (Å²) < 4.78 is 1.72. The van der Waals surface area contributed by atoms with E-state index in [0.29, 0.717) is 11.4 Å². The molecule has 0 amide bonds. The highest BCUT2D eigenvalue weighted by Crippen LogP contribution is 2.28. The van der Waals surface area contributed by atoms with E-state index in [9.17, 15) is 5.11 Å². The summed E-state index contributed by atoms with van der Waals surface area (Å²) in [6, 6.07) is 9.49. The van der Waals surface area contributed by atoms with Gasteiger partial charge in [0.25, 0.3) is 0 Å². The Hall–Kier alpha value is -0.100. The molecule has 114 valence electrons. The van der Waals surface area contributed by atoms with Crippen LogP contribution in [0.4, 0.5) is 0 Å². The fraction of sp³-hybridized carbons (Fsp3) is 0.333. The number of aliphatic hydroxyl groups is 1. The Balaban J connectivity index is 1.86. The van der Waals surface area contributed by atoms with Crippen molar-refractivity contribution in [3.05, 3.63) is 54.6 Å². The van der Waals surface area contributed by atoms with Gasteiger partial charge in [0.1, 0.15) is 0 Å². The topological polar surface area (TPSA) is 23.5 Å². The summed E-state index contributed by atoms with van der Waals surface area (Å²) in [6.07, 6.45) is 0.0803. The molecule has 0 aliphatic rings. The summed E-state index contributed by atoms with van der Waals surface area (Å²) in [7, 11) is 2.03. The van der Waals surface area contributed by atoms with Crippen LogP contribution in [0.15, 0.2) is 34.8 Å². The predicted octanol–water partition coefficient (Wildman–Crippen LogP) is 5.37. The molecule has 0 aliphatic heterocycles. The molecule has 1 atom stereocenters. The van der Waals surface area contributed by atoms with Crippen molar-refractivity contribution >= 4 is 50.5 Å². The first-order valence-electron chi connectivity index (χ1n) is 6.51. The smallest absolute Gasteiger partial charge is 0.0931 e. The highest BCUT2D eigenvalue weighted by atomic mass is 79.9. The maximum absolute atomic E-state index is 10.3. The van der Waals surface area contributed by atoms with Crippen LogP contribution in [0, 0.1) is 0 Å². The van der Waals surface area contributed by atoms with Gasteiger partial charge >= 0.3 is 0 Å². The third-order valence-corrected chi connectivity index (χ3v) is 5.20. The van der Waals surface area contributed by atoms with E-state index in [-0.39, 0.29) is 0 Å². The Kier molecular flexibility index (Phi) is 6.53. The summed E-state index contributed by atoms with van der Waals surface area (Å²) in [6.45, 7) is 1.61. The van der Waals surface area contributed by atoms with E-state index in [1.54, 1.807) is 17.4 Å². The van der Waals surface area contributed by atoms with Gasteiger partial charge < -0.3 is 10.0 Å². The van der Waals surface area contributed by atoms with Crippen molar-refractivity contribution in [2.75, 3.05) is 13.6 Å². The molecule has 0 saturated carbocycles. The summed E-state index contributed by atoms with van der Waals surface area (Å²) in [5.74, 6) is 0. The third-order valence-electron chi connectivity index (χ3n) is 3.16. The molecule has 21 heavy (non-hydrogen) atoms. The number of halogens is 3. The van der Waals surface area contributed by atoms with Gasteiger partial charge in [-0.3, -0.25) is 0 Å². The molecule has 1 unspecified atom stereocenters. The summed E-state index contributed by atoms with van der Waals surface area (Å²) in [4.78, 5) is 3.39. The summed E-state index contributed by atoms with van der Waals surface area (Å²) in [5, 5.41) is 10.9. The summed E-state index contributed by atoms with van der Waals surface area (Å²) >= 11 is 17.0. The second kappa shape index (κ2) is 7.95. The first-order valence-corrected chi connectivity index (χ1v) is 8.88. The largest absolute Gasteiger partial charge is 0.388 e. The second-order valence-electron chi connectivity index (χ2n) is 4.91. The van der Waals surface area contributed by atoms with E-state index in [1.165, 1.54) is 4.88 Å². The minimum atomic E-state index is -0.556. The normalized spacial score (nSPS) is 12.9. The Morgan fingerprint density at radius 3 is 2.67 bits per heavy atom. The van der Waals surface area contributed by atoms with Crippen LogP contribution in [-0.2, 0) is 6.54 Å². The van der Waals surface area contributed by atoms with Gasteiger partial charge in [0.05, 0.1) is 10.4 Å². The van der Waals surface area contributed by atoms with E-state index in [2.05, 4.69) is 20.8 Å². The van der Waals surface area contributed by atoms with Crippen molar-refractivity contribution in [2.24, 2.45) is 0 Å². The SMILES string of the molecule is CN(CCC(O)c1ccc(Br)cc1Cl)Cc1ccc(Cl)s1. The fourth-order valence-electron chi connectivity index (χ4n) is 2.05. The minimum Gasteiger partial charge on any atom is -0.388 e. The average molecular weight is 409 g/mol. The number of rotatable bonds is 6. The maximum Gasteiger partial charge on any atom is 0.0931 e. The lowest BCUT2D eigenvalue weighted by molar-refractivity contribution is 0.148. The van der Waals surface area contributed by atoms with Crippen LogP contribution in [0.2, 0.25) is 9.36 Å². The lowest BCUT2D eigenvalue weighted by Crippen LogP contribution is -2.20. The highest BCUT2D eigenvalue weighted by molar-refractivity contribution is 9.10. The molecular formula is C15H16BrCl2NOS. The zero-order valence-electron chi connectivity index (χ0n) is 11.5. The molecule has 1 aromatic carbocycles. The molecule has 0 fully saturated rings. The van der Waals surface area contributed by atoms with Gasteiger partial charge in [-0.2, -0.15) is 0 Å². The van der Waals surface area contributed by atoms with Crippen LogP contribution in [0.3, 0.4) is 0 Å². The van der Waals surface area contributed by atoms with Crippen LogP contribution in [0.1, 0.15) is 23.0 Å². The van der Waals surface area contributed by atoms with Gasteiger partial charge in [-0.15, -0.1) is 11.3 Å². The fourth-order valence-corrected chi connectivity index (χ4v) is 4.02. The molecule has 0 bridgehead atoms. The first-order chi connectivity index (χ1) is 9.95. The number of nitrogens with zero attached hydrogens (tertiary/aromatic N) is 1. The van der Waals surface area contributed by atoms with Crippen molar-refractivity contribution in [1.29, 1.82) is 0 Å². The predicted molar refractivity (Wildman–Crippen MR) is 94.4 cm³/mol. The molecule has 1 aromatic heterocycles. The Labute approximate surface area is 147 Å². The molecule has 1 heterocycles. The van der Waals surface area contributed by atoms with Crippen molar-refractivity contribution < 1.29 is 5.11 Å². The Morgan fingerprint density at radius 2 is 2.05 bits per heavy atom.